The van der Waals surface area contributed by atoms with Crippen molar-refractivity contribution in [3.8, 4) is 5.69 Å². The molecule has 0 atom stereocenters. The van der Waals surface area contributed by atoms with Crippen LogP contribution in [-0.4, -0.2) is 32.2 Å². The minimum atomic E-state index is -0.533. The fraction of sp³-hybridized carbons (Fsp3) is 0.0588. The molecule has 0 amide bonds. The van der Waals surface area contributed by atoms with Crippen LogP contribution in [0.1, 0.15) is 10.4 Å². The third-order valence-electron chi connectivity index (χ3n) is 3.89. The van der Waals surface area contributed by atoms with Crippen molar-refractivity contribution in [2.45, 2.75) is 0 Å². The first-order chi connectivity index (χ1) is 12.1. The highest BCUT2D eigenvalue weighted by atomic mass is 35.5. The lowest BCUT2D eigenvalue weighted by Crippen LogP contribution is -2.18. The molecule has 0 aliphatic heterocycles. The normalized spacial score (nSPS) is 11.1. The summed E-state index contributed by atoms with van der Waals surface area (Å²) in [6.07, 6.45) is 4.44. The van der Waals surface area contributed by atoms with Gasteiger partial charge in [-0.25, -0.2) is 14.3 Å². The molecule has 0 bridgehead atoms. The molecule has 0 unspecified atom stereocenters. The van der Waals surface area contributed by atoms with Gasteiger partial charge in [-0.1, -0.05) is 17.7 Å². The second kappa shape index (κ2) is 5.71. The zero-order valence-electron chi connectivity index (χ0n) is 13.0. The summed E-state index contributed by atoms with van der Waals surface area (Å²) in [5.74, 6) is -0.533. The Balaban J connectivity index is 1.98. The smallest absolute Gasteiger partial charge is 0.343 e. The molecule has 8 heteroatoms. The Morgan fingerprint density at radius 2 is 2.08 bits per heavy atom. The van der Waals surface area contributed by atoms with E-state index in [1.54, 1.807) is 36.5 Å². The molecule has 25 heavy (non-hydrogen) atoms. The van der Waals surface area contributed by atoms with E-state index >= 15 is 0 Å². The molecule has 1 aromatic carbocycles. The van der Waals surface area contributed by atoms with Gasteiger partial charge in [-0.15, -0.1) is 0 Å². The standard InChI is InChI=1S/C17H11ClN4O3/c1-25-17(24)13-9-20-22-14-5-6-21(11-4-2-3-10(18)7-11)16(23)12(14)8-19-15(13)22/h2-9H,1H3. The molecule has 3 aromatic heterocycles. The molecular weight excluding hydrogens is 344 g/mol. The number of esters is 1. The number of nitrogens with zero attached hydrogens (tertiary/aromatic N) is 4. The van der Waals surface area contributed by atoms with Gasteiger partial charge >= 0.3 is 5.97 Å². The van der Waals surface area contributed by atoms with E-state index in [1.165, 1.54) is 28.6 Å². The number of fused-ring (bicyclic) bond motifs is 3. The second-order valence-electron chi connectivity index (χ2n) is 5.31. The van der Waals surface area contributed by atoms with Crippen LogP contribution >= 0.6 is 11.6 Å². The molecule has 3 heterocycles. The van der Waals surface area contributed by atoms with E-state index in [4.69, 9.17) is 16.3 Å². The number of hydrogen-bond donors (Lipinski definition) is 0. The van der Waals surface area contributed by atoms with Crippen LogP contribution in [0.3, 0.4) is 0 Å². The number of benzene rings is 1. The van der Waals surface area contributed by atoms with Crippen molar-refractivity contribution in [1.29, 1.82) is 0 Å². The third-order valence-corrected chi connectivity index (χ3v) is 4.12. The van der Waals surface area contributed by atoms with Gasteiger partial charge in [-0.05, 0) is 24.3 Å². The van der Waals surface area contributed by atoms with E-state index in [1.807, 2.05) is 0 Å². The number of aromatic nitrogens is 4. The Labute approximate surface area is 146 Å². The maximum absolute atomic E-state index is 12.8. The van der Waals surface area contributed by atoms with E-state index in [9.17, 15) is 9.59 Å². The molecular formula is C17H11ClN4O3. The van der Waals surface area contributed by atoms with Crippen LogP contribution in [0.15, 0.2) is 53.7 Å². The average molecular weight is 355 g/mol. The van der Waals surface area contributed by atoms with Crippen LogP contribution in [0.25, 0.3) is 22.2 Å². The second-order valence-corrected chi connectivity index (χ2v) is 5.75. The van der Waals surface area contributed by atoms with E-state index in [-0.39, 0.29) is 11.1 Å². The summed E-state index contributed by atoms with van der Waals surface area (Å²) >= 11 is 6.00. The van der Waals surface area contributed by atoms with Crippen LogP contribution in [-0.2, 0) is 4.74 Å². The van der Waals surface area contributed by atoms with Crippen LogP contribution < -0.4 is 5.56 Å². The zero-order chi connectivity index (χ0) is 17.6. The van der Waals surface area contributed by atoms with Gasteiger partial charge < -0.3 is 4.74 Å². The summed E-state index contributed by atoms with van der Waals surface area (Å²) in [6, 6.07) is 8.73. The van der Waals surface area contributed by atoms with Gasteiger partial charge in [-0.3, -0.25) is 9.36 Å². The monoisotopic (exact) mass is 354 g/mol. The fourth-order valence-electron chi connectivity index (χ4n) is 2.70. The van der Waals surface area contributed by atoms with E-state index < -0.39 is 5.97 Å². The van der Waals surface area contributed by atoms with Gasteiger partial charge in [0.1, 0.15) is 5.56 Å². The van der Waals surface area contributed by atoms with Gasteiger partial charge in [0.05, 0.1) is 29.9 Å². The van der Waals surface area contributed by atoms with Gasteiger partial charge in [0, 0.05) is 17.4 Å². The zero-order valence-corrected chi connectivity index (χ0v) is 13.8. The van der Waals surface area contributed by atoms with Crippen LogP contribution in [0, 0.1) is 0 Å². The lowest BCUT2D eigenvalue weighted by Gasteiger charge is -2.08. The van der Waals surface area contributed by atoms with Crippen molar-refractivity contribution in [2.75, 3.05) is 7.11 Å². The molecule has 0 aliphatic rings. The Morgan fingerprint density at radius 3 is 2.84 bits per heavy atom. The highest BCUT2D eigenvalue weighted by Crippen LogP contribution is 2.18. The first-order valence-corrected chi connectivity index (χ1v) is 7.70. The van der Waals surface area contributed by atoms with Crippen molar-refractivity contribution < 1.29 is 9.53 Å². The number of hydrogen-bond acceptors (Lipinski definition) is 5. The van der Waals surface area contributed by atoms with Gasteiger partial charge in [0.15, 0.2) is 5.65 Å². The molecule has 7 nitrogen and oxygen atoms in total. The topological polar surface area (TPSA) is 78.5 Å². The number of halogens is 1. The summed E-state index contributed by atoms with van der Waals surface area (Å²) in [7, 11) is 1.29. The lowest BCUT2D eigenvalue weighted by molar-refractivity contribution is 0.0602. The number of pyridine rings is 1. The largest absolute Gasteiger partial charge is 0.465 e. The first kappa shape index (κ1) is 15.3. The maximum Gasteiger partial charge on any atom is 0.343 e. The molecule has 0 saturated carbocycles. The quantitative estimate of drug-likeness (QED) is 0.517. The van der Waals surface area contributed by atoms with Gasteiger partial charge in [0.25, 0.3) is 5.56 Å². The molecule has 0 spiro atoms. The van der Waals surface area contributed by atoms with Crippen molar-refractivity contribution in [1.82, 2.24) is 19.2 Å². The number of carbonyl (C=O) groups excluding carboxylic acids is 1. The van der Waals surface area contributed by atoms with Crippen LogP contribution in [0.2, 0.25) is 5.02 Å². The maximum atomic E-state index is 12.8. The van der Waals surface area contributed by atoms with E-state index in [0.717, 1.165) is 0 Å². The number of ether oxygens (including phenoxy) is 1. The minimum absolute atomic E-state index is 0.239. The van der Waals surface area contributed by atoms with E-state index in [2.05, 4.69) is 10.1 Å². The SMILES string of the molecule is COC(=O)c1cnn2c1ncc1c(=O)n(-c3cccc(Cl)c3)ccc12. The molecule has 124 valence electrons. The van der Waals surface area contributed by atoms with Crippen molar-refractivity contribution in [2.24, 2.45) is 0 Å². The van der Waals surface area contributed by atoms with Crippen LogP contribution in [0.4, 0.5) is 0 Å². The molecule has 0 saturated heterocycles. The van der Waals surface area contributed by atoms with E-state index in [0.29, 0.717) is 27.3 Å². The summed E-state index contributed by atoms with van der Waals surface area (Å²) in [6.45, 7) is 0. The summed E-state index contributed by atoms with van der Waals surface area (Å²) in [4.78, 5) is 28.8. The van der Waals surface area contributed by atoms with Crippen molar-refractivity contribution in [3.63, 3.8) is 0 Å². The number of rotatable bonds is 2. The molecule has 0 radical (unpaired) electrons. The van der Waals surface area contributed by atoms with Crippen LogP contribution in [0.5, 0.6) is 0 Å². The first-order valence-electron chi connectivity index (χ1n) is 7.32. The molecule has 4 aromatic rings. The molecule has 0 N–H and O–H groups in total. The highest BCUT2D eigenvalue weighted by Gasteiger charge is 2.17. The molecule has 4 rings (SSSR count). The van der Waals surface area contributed by atoms with Crippen molar-refractivity contribution in [3.05, 3.63) is 69.9 Å². The summed E-state index contributed by atoms with van der Waals surface area (Å²) in [5.41, 5.74) is 1.51. The van der Waals surface area contributed by atoms with Crippen molar-refractivity contribution >= 4 is 34.1 Å². The number of methoxy groups -OCH3 is 1. The Hall–Kier alpha value is -3.19. The number of carbonyl (C=O) groups is 1. The Morgan fingerprint density at radius 1 is 1.24 bits per heavy atom. The minimum Gasteiger partial charge on any atom is -0.465 e. The lowest BCUT2D eigenvalue weighted by atomic mass is 10.2. The fourth-order valence-corrected chi connectivity index (χ4v) is 2.88. The van der Waals surface area contributed by atoms with Gasteiger partial charge in [-0.2, -0.15) is 5.10 Å². The average Bonchev–Trinajstić information content (AvgIpc) is 3.06. The molecule has 0 aliphatic carbocycles. The Kier molecular flexibility index (Phi) is 3.51. The highest BCUT2D eigenvalue weighted by molar-refractivity contribution is 6.30. The molecule has 0 fully saturated rings. The van der Waals surface area contributed by atoms with Gasteiger partial charge in [0.2, 0.25) is 0 Å². The summed E-state index contributed by atoms with van der Waals surface area (Å²) < 4.78 is 7.64. The third kappa shape index (κ3) is 2.36. The Bertz CT molecular complexity index is 1200. The summed E-state index contributed by atoms with van der Waals surface area (Å²) in [5, 5.41) is 5.06. The predicted molar refractivity (Wildman–Crippen MR) is 92.4 cm³/mol. The predicted octanol–water partition coefficient (Wildman–Crippen LogP) is 2.47.